The molecule has 1 aromatic carbocycles. The van der Waals surface area contributed by atoms with Crippen LogP contribution in [0.3, 0.4) is 0 Å². The molecule has 0 saturated carbocycles. The summed E-state index contributed by atoms with van der Waals surface area (Å²) in [5.74, 6) is 0.174. The number of aromatic nitrogens is 2. The number of fused-ring (bicyclic) bond motifs is 1. The number of hydrogen-bond donors (Lipinski definition) is 1. The Labute approximate surface area is 118 Å². The highest BCUT2D eigenvalue weighted by Gasteiger charge is 2.17. The fourth-order valence-electron chi connectivity index (χ4n) is 2.41. The topological polar surface area (TPSA) is 45.8 Å². The van der Waals surface area contributed by atoms with Crippen LogP contribution < -0.4 is 5.56 Å². The smallest absolute Gasteiger partial charge is 0.254 e. The molecule has 0 radical (unpaired) electrons. The van der Waals surface area contributed by atoms with Crippen molar-refractivity contribution in [2.24, 2.45) is 0 Å². The van der Waals surface area contributed by atoms with Gasteiger partial charge in [0.25, 0.3) is 5.56 Å². The quantitative estimate of drug-likeness (QED) is 0.876. The zero-order valence-electron chi connectivity index (χ0n) is 10.2. The maximum absolute atomic E-state index is 13.1. The largest absolute Gasteiger partial charge is 0.306 e. The minimum atomic E-state index is -0.323. The highest BCUT2D eigenvalue weighted by Crippen LogP contribution is 2.27. The molecule has 0 spiro atoms. The Bertz CT molecular complexity index is 696. The summed E-state index contributed by atoms with van der Waals surface area (Å²) in [6.07, 6.45) is 3.73. The molecule has 0 saturated heterocycles. The molecule has 98 valence electrons. The van der Waals surface area contributed by atoms with Crippen molar-refractivity contribution in [2.45, 2.75) is 25.7 Å². The molecular formula is C14H12BrFN2O. The Morgan fingerprint density at radius 3 is 2.84 bits per heavy atom. The molecule has 0 unspecified atom stereocenters. The van der Waals surface area contributed by atoms with E-state index in [9.17, 15) is 9.18 Å². The third kappa shape index (κ3) is 2.34. The van der Waals surface area contributed by atoms with Crippen LogP contribution in [0, 0.1) is 5.82 Å². The Hall–Kier alpha value is -1.49. The molecule has 1 N–H and O–H groups in total. The van der Waals surface area contributed by atoms with E-state index in [4.69, 9.17) is 0 Å². The van der Waals surface area contributed by atoms with Gasteiger partial charge in [0, 0.05) is 15.6 Å². The molecule has 1 aliphatic carbocycles. The zero-order valence-corrected chi connectivity index (χ0v) is 11.8. The highest BCUT2D eigenvalue weighted by molar-refractivity contribution is 9.10. The summed E-state index contributed by atoms with van der Waals surface area (Å²) >= 11 is 3.30. The fraction of sp³-hybridized carbons (Fsp3) is 0.286. The lowest BCUT2D eigenvalue weighted by Crippen LogP contribution is -2.21. The zero-order chi connectivity index (χ0) is 13.4. The molecule has 0 bridgehead atoms. The minimum Gasteiger partial charge on any atom is -0.306 e. The predicted octanol–water partition coefficient (Wildman–Crippen LogP) is 3.22. The van der Waals surface area contributed by atoms with Gasteiger partial charge in [0.1, 0.15) is 11.6 Å². The van der Waals surface area contributed by atoms with Crippen molar-refractivity contribution in [3.8, 4) is 11.4 Å². The van der Waals surface area contributed by atoms with Gasteiger partial charge in [0.15, 0.2) is 0 Å². The monoisotopic (exact) mass is 322 g/mol. The van der Waals surface area contributed by atoms with E-state index in [1.807, 2.05) is 0 Å². The predicted molar refractivity (Wildman–Crippen MR) is 74.6 cm³/mol. The maximum atomic E-state index is 13.1. The second-order valence-corrected chi connectivity index (χ2v) is 5.53. The first-order chi connectivity index (χ1) is 9.15. The van der Waals surface area contributed by atoms with Crippen molar-refractivity contribution >= 4 is 15.9 Å². The number of H-pyrrole nitrogens is 1. The number of aryl methyl sites for hydroxylation is 1. The molecule has 3 rings (SSSR count). The Balaban J connectivity index is 2.15. The molecule has 3 nitrogen and oxygen atoms in total. The van der Waals surface area contributed by atoms with Crippen molar-refractivity contribution in [1.29, 1.82) is 0 Å². The Kier molecular flexibility index (Phi) is 3.22. The molecule has 2 aromatic rings. The molecule has 5 heteroatoms. The Morgan fingerprint density at radius 1 is 1.26 bits per heavy atom. The number of benzene rings is 1. The maximum Gasteiger partial charge on any atom is 0.254 e. The van der Waals surface area contributed by atoms with E-state index in [0.29, 0.717) is 15.9 Å². The van der Waals surface area contributed by atoms with E-state index < -0.39 is 0 Å². The molecule has 1 heterocycles. The van der Waals surface area contributed by atoms with E-state index in [1.54, 1.807) is 6.07 Å². The summed E-state index contributed by atoms with van der Waals surface area (Å²) in [4.78, 5) is 19.4. The summed E-state index contributed by atoms with van der Waals surface area (Å²) in [6, 6.07) is 4.35. The van der Waals surface area contributed by atoms with Crippen molar-refractivity contribution in [3.05, 3.63) is 50.1 Å². The lowest BCUT2D eigenvalue weighted by molar-refractivity contribution is 0.627. The summed E-state index contributed by atoms with van der Waals surface area (Å²) in [7, 11) is 0. The second kappa shape index (κ2) is 4.89. The van der Waals surface area contributed by atoms with Gasteiger partial charge in [-0.05, 0) is 59.8 Å². The Morgan fingerprint density at radius 2 is 2.05 bits per heavy atom. The molecule has 0 amide bonds. The van der Waals surface area contributed by atoms with Gasteiger partial charge in [-0.1, -0.05) is 0 Å². The van der Waals surface area contributed by atoms with Crippen molar-refractivity contribution in [2.75, 3.05) is 0 Å². The molecule has 19 heavy (non-hydrogen) atoms. The van der Waals surface area contributed by atoms with Crippen molar-refractivity contribution in [1.82, 2.24) is 9.97 Å². The molecule has 1 aliphatic rings. The standard InChI is InChI=1S/C14H12BrFN2O/c15-11-7-8(16)5-6-9(11)13-17-12-4-2-1-3-10(12)14(19)18-13/h5-7H,1-4H2,(H,17,18,19). The fourth-order valence-corrected chi connectivity index (χ4v) is 2.95. The lowest BCUT2D eigenvalue weighted by atomic mass is 9.97. The van der Waals surface area contributed by atoms with Gasteiger partial charge in [-0.2, -0.15) is 0 Å². The van der Waals surface area contributed by atoms with E-state index in [0.717, 1.165) is 36.9 Å². The van der Waals surface area contributed by atoms with Crippen LogP contribution >= 0.6 is 15.9 Å². The van der Waals surface area contributed by atoms with Gasteiger partial charge in [-0.25, -0.2) is 9.37 Å². The van der Waals surface area contributed by atoms with E-state index in [-0.39, 0.29) is 11.4 Å². The summed E-state index contributed by atoms with van der Waals surface area (Å²) in [5, 5.41) is 0. The van der Waals surface area contributed by atoms with Crippen LogP contribution in [0.5, 0.6) is 0 Å². The van der Waals surface area contributed by atoms with Crippen LogP contribution in [0.15, 0.2) is 27.5 Å². The minimum absolute atomic E-state index is 0.0732. The van der Waals surface area contributed by atoms with Crippen LogP contribution in [0.2, 0.25) is 0 Å². The van der Waals surface area contributed by atoms with Crippen LogP contribution in [0.25, 0.3) is 11.4 Å². The van der Waals surface area contributed by atoms with Gasteiger partial charge in [-0.15, -0.1) is 0 Å². The first-order valence-electron chi connectivity index (χ1n) is 6.22. The average Bonchev–Trinajstić information content (AvgIpc) is 2.38. The summed E-state index contributed by atoms with van der Waals surface area (Å²) in [6.45, 7) is 0. The number of hydrogen-bond acceptors (Lipinski definition) is 2. The third-order valence-electron chi connectivity index (χ3n) is 3.38. The second-order valence-electron chi connectivity index (χ2n) is 4.67. The van der Waals surface area contributed by atoms with E-state index >= 15 is 0 Å². The summed E-state index contributed by atoms with van der Waals surface area (Å²) < 4.78 is 13.7. The molecule has 0 aliphatic heterocycles. The third-order valence-corrected chi connectivity index (χ3v) is 4.03. The molecule has 1 aromatic heterocycles. The normalized spacial score (nSPS) is 14.2. The van der Waals surface area contributed by atoms with Gasteiger partial charge in [-0.3, -0.25) is 4.79 Å². The first-order valence-corrected chi connectivity index (χ1v) is 7.02. The van der Waals surface area contributed by atoms with Gasteiger partial charge < -0.3 is 4.98 Å². The van der Waals surface area contributed by atoms with Crippen molar-refractivity contribution in [3.63, 3.8) is 0 Å². The summed E-state index contributed by atoms with van der Waals surface area (Å²) in [5.41, 5.74) is 2.30. The number of aromatic amines is 1. The van der Waals surface area contributed by atoms with Crippen LogP contribution in [0.1, 0.15) is 24.1 Å². The van der Waals surface area contributed by atoms with Crippen LogP contribution in [-0.2, 0) is 12.8 Å². The number of nitrogens with one attached hydrogen (secondary N) is 1. The SMILES string of the molecule is O=c1[nH]c(-c2ccc(F)cc2Br)nc2c1CCCC2. The molecular weight excluding hydrogens is 311 g/mol. The van der Waals surface area contributed by atoms with Gasteiger partial charge in [0.2, 0.25) is 0 Å². The van der Waals surface area contributed by atoms with Crippen LogP contribution in [-0.4, -0.2) is 9.97 Å². The number of halogens is 2. The van der Waals surface area contributed by atoms with E-state index in [1.165, 1.54) is 12.1 Å². The molecule has 0 fully saturated rings. The number of rotatable bonds is 1. The van der Waals surface area contributed by atoms with E-state index in [2.05, 4.69) is 25.9 Å². The van der Waals surface area contributed by atoms with Gasteiger partial charge in [0.05, 0.1) is 5.69 Å². The number of nitrogens with zero attached hydrogens (tertiary/aromatic N) is 1. The van der Waals surface area contributed by atoms with Crippen molar-refractivity contribution < 1.29 is 4.39 Å². The lowest BCUT2D eigenvalue weighted by Gasteiger charge is -2.15. The van der Waals surface area contributed by atoms with Gasteiger partial charge >= 0.3 is 0 Å². The molecule has 0 atom stereocenters. The average molecular weight is 323 g/mol. The highest BCUT2D eigenvalue weighted by atomic mass is 79.9. The first kappa shape index (κ1) is 12.5. The van der Waals surface area contributed by atoms with Crippen LogP contribution in [0.4, 0.5) is 4.39 Å².